The molecule has 1 aliphatic heterocycles. The molecule has 0 spiro atoms. The average molecular weight is 295 g/mol. The third kappa shape index (κ3) is 2.14. The summed E-state index contributed by atoms with van der Waals surface area (Å²) in [4.78, 5) is 18.6. The monoisotopic (exact) mass is 295 g/mol. The molecule has 2 aliphatic rings. The number of aromatic nitrogens is 1. The molecule has 1 amide bonds. The minimum Gasteiger partial charge on any atom is -0.372 e. The second kappa shape index (κ2) is 4.97. The van der Waals surface area contributed by atoms with Crippen molar-refractivity contribution in [1.29, 1.82) is 0 Å². The number of benzene rings is 1. The summed E-state index contributed by atoms with van der Waals surface area (Å²) >= 11 is 0. The summed E-state index contributed by atoms with van der Waals surface area (Å²) in [5.74, 6) is -0.246. The maximum Gasteiger partial charge on any atom is 0.229 e. The van der Waals surface area contributed by atoms with Crippen LogP contribution in [0.4, 0.5) is 5.69 Å². The van der Waals surface area contributed by atoms with Gasteiger partial charge >= 0.3 is 0 Å². The van der Waals surface area contributed by atoms with Crippen LogP contribution in [0.3, 0.4) is 0 Å². The van der Waals surface area contributed by atoms with Gasteiger partial charge in [-0.3, -0.25) is 9.78 Å². The van der Waals surface area contributed by atoms with Crippen LogP contribution < -0.4 is 10.6 Å². The zero-order valence-electron chi connectivity index (χ0n) is 12.7. The molecule has 1 aliphatic carbocycles. The fraction of sp³-hybridized carbons (Fsp3) is 0.444. The van der Waals surface area contributed by atoms with Crippen LogP contribution in [-0.2, 0) is 10.2 Å². The number of fused-ring (bicyclic) bond motifs is 1. The van der Waals surface area contributed by atoms with Gasteiger partial charge in [-0.2, -0.15) is 0 Å². The highest BCUT2D eigenvalue weighted by Crippen LogP contribution is 2.47. The summed E-state index contributed by atoms with van der Waals surface area (Å²) < 4.78 is 0. The van der Waals surface area contributed by atoms with E-state index in [9.17, 15) is 4.79 Å². The number of piperidine rings is 1. The van der Waals surface area contributed by atoms with Gasteiger partial charge in [0.25, 0.3) is 0 Å². The number of amides is 1. The first-order valence-electron chi connectivity index (χ1n) is 8.14. The highest BCUT2D eigenvalue weighted by Gasteiger charge is 2.51. The van der Waals surface area contributed by atoms with Crippen LogP contribution in [0.1, 0.15) is 37.8 Å². The van der Waals surface area contributed by atoms with Gasteiger partial charge in [-0.05, 0) is 55.7 Å². The molecular formula is C18H21N3O. The Balaban J connectivity index is 1.69. The molecule has 2 aromatic rings. The summed E-state index contributed by atoms with van der Waals surface area (Å²) in [7, 11) is 0. The van der Waals surface area contributed by atoms with E-state index in [1.165, 1.54) is 24.9 Å². The molecule has 0 unspecified atom stereocenters. The number of anilines is 1. The molecule has 22 heavy (non-hydrogen) atoms. The highest BCUT2D eigenvalue weighted by molar-refractivity contribution is 5.92. The zero-order chi connectivity index (χ0) is 15.2. The molecular weight excluding hydrogens is 274 g/mol. The number of hydrogen-bond donors (Lipinski definition) is 1. The first-order valence-corrected chi connectivity index (χ1v) is 8.14. The van der Waals surface area contributed by atoms with Crippen molar-refractivity contribution < 1.29 is 4.79 Å². The Kier molecular flexibility index (Phi) is 3.06. The normalized spacial score (nSPS) is 20.1. The minimum atomic E-state index is -0.500. The van der Waals surface area contributed by atoms with E-state index in [-0.39, 0.29) is 5.91 Å². The van der Waals surface area contributed by atoms with Crippen molar-refractivity contribution in [3.63, 3.8) is 0 Å². The molecule has 1 aromatic carbocycles. The van der Waals surface area contributed by atoms with E-state index in [2.05, 4.69) is 28.1 Å². The Hall–Kier alpha value is -2.10. The van der Waals surface area contributed by atoms with Gasteiger partial charge in [0, 0.05) is 30.4 Å². The molecule has 4 heteroatoms. The van der Waals surface area contributed by atoms with Gasteiger partial charge in [0.05, 0.1) is 11.1 Å². The quantitative estimate of drug-likeness (QED) is 0.947. The van der Waals surface area contributed by atoms with Crippen LogP contribution in [-0.4, -0.2) is 24.0 Å². The van der Waals surface area contributed by atoms with Gasteiger partial charge in [0.2, 0.25) is 5.91 Å². The number of primary amides is 1. The lowest BCUT2D eigenvalue weighted by atomic mass is 9.98. The van der Waals surface area contributed by atoms with Gasteiger partial charge in [-0.1, -0.05) is 6.07 Å². The van der Waals surface area contributed by atoms with E-state index in [1.807, 2.05) is 12.3 Å². The number of rotatable bonds is 3. The van der Waals surface area contributed by atoms with Crippen molar-refractivity contribution >= 4 is 22.4 Å². The molecule has 1 saturated heterocycles. The lowest BCUT2D eigenvalue weighted by Gasteiger charge is -2.29. The Morgan fingerprint density at radius 1 is 1.09 bits per heavy atom. The molecule has 1 saturated carbocycles. The SMILES string of the molecule is NC(=O)C1(c2cc3ccc(N4CCCCC4)cc3cn2)CC1. The second-order valence-electron chi connectivity index (χ2n) is 6.60. The van der Waals surface area contributed by atoms with Gasteiger partial charge in [-0.15, -0.1) is 0 Å². The Morgan fingerprint density at radius 3 is 2.55 bits per heavy atom. The molecule has 0 atom stereocenters. The lowest BCUT2D eigenvalue weighted by molar-refractivity contribution is -0.120. The largest absolute Gasteiger partial charge is 0.372 e. The van der Waals surface area contributed by atoms with Crippen LogP contribution in [0.5, 0.6) is 0 Å². The summed E-state index contributed by atoms with van der Waals surface area (Å²) in [5, 5.41) is 2.27. The standard InChI is InChI=1S/C18H21N3O/c19-17(22)18(6-7-18)16-11-13-4-5-15(10-14(13)12-20-16)21-8-2-1-3-9-21/h4-5,10-12H,1-3,6-9H2,(H2,19,22). The summed E-state index contributed by atoms with van der Waals surface area (Å²) in [5.41, 5.74) is 7.15. The summed E-state index contributed by atoms with van der Waals surface area (Å²) in [6.07, 6.45) is 7.43. The molecule has 2 fully saturated rings. The predicted octanol–water partition coefficient (Wildman–Crippen LogP) is 2.74. The zero-order valence-corrected chi connectivity index (χ0v) is 12.7. The summed E-state index contributed by atoms with van der Waals surface area (Å²) in [6.45, 7) is 2.28. The number of carbonyl (C=O) groups is 1. The lowest BCUT2D eigenvalue weighted by Crippen LogP contribution is -2.29. The van der Waals surface area contributed by atoms with E-state index in [4.69, 9.17) is 5.73 Å². The van der Waals surface area contributed by atoms with Crippen LogP contribution in [0.2, 0.25) is 0 Å². The van der Waals surface area contributed by atoms with Crippen molar-refractivity contribution in [3.05, 3.63) is 36.2 Å². The van der Waals surface area contributed by atoms with Crippen molar-refractivity contribution in [2.45, 2.75) is 37.5 Å². The van der Waals surface area contributed by atoms with Gasteiger partial charge in [-0.25, -0.2) is 0 Å². The number of pyridine rings is 1. The van der Waals surface area contributed by atoms with Crippen LogP contribution >= 0.6 is 0 Å². The molecule has 4 rings (SSSR count). The third-order valence-corrected chi connectivity index (χ3v) is 5.14. The third-order valence-electron chi connectivity index (χ3n) is 5.14. The van der Waals surface area contributed by atoms with E-state index in [1.54, 1.807) is 0 Å². The van der Waals surface area contributed by atoms with E-state index in [0.717, 1.165) is 42.4 Å². The van der Waals surface area contributed by atoms with Gasteiger partial charge in [0.1, 0.15) is 0 Å². The predicted molar refractivity (Wildman–Crippen MR) is 87.9 cm³/mol. The van der Waals surface area contributed by atoms with E-state index >= 15 is 0 Å². The van der Waals surface area contributed by atoms with Gasteiger partial charge < -0.3 is 10.6 Å². The number of nitrogens with zero attached hydrogens (tertiary/aromatic N) is 2. The Labute approximate surface area is 130 Å². The average Bonchev–Trinajstić information content (AvgIpc) is 3.37. The fourth-order valence-electron chi connectivity index (χ4n) is 3.49. The number of hydrogen-bond acceptors (Lipinski definition) is 3. The molecule has 2 N–H and O–H groups in total. The Morgan fingerprint density at radius 2 is 1.86 bits per heavy atom. The second-order valence-corrected chi connectivity index (χ2v) is 6.60. The van der Waals surface area contributed by atoms with Crippen molar-refractivity contribution in [2.24, 2.45) is 5.73 Å². The molecule has 1 aromatic heterocycles. The fourth-order valence-corrected chi connectivity index (χ4v) is 3.49. The molecule has 4 nitrogen and oxygen atoms in total. The summed E-state index contributed by atoms with van der Waals surface area (Å²) in [6, 6.07) is 8.57. The smallest absolute Gasteiger partial charge is 0.229 e. The topological polar surface area (TPSA) is 59.2 Å². The van der Waals surface area contributed by atoms with Crippen molar-refractivity contribution in [1.82, 2.24) is 4.98 Å². The van der Waals surface area contributed by atoms with Gasteiger partial charge in [0.15, 0.2) is 0 Å². The van der Waals surface area contributed by atoms with E-state index in [0.29, 0.717) is 0 Å². The Bertz CT molecular complexity index is 730. The maximum absolute atomic E-state index is 11.7. The van der Waals surface area contributed by atoms with Crippen LogP contribution in [0.25, 0.3) is 10.8 Å². The maximum atomic E-state index is 11.7. The first-order chi connectivity index (χ1) is 10.7. The molecule has 114 valence electrons. The first kappa shape index (κ1) is 13.6. The number of nitrogens with two attached hydrogens (primary N) is 1. The molecule has 0 radical (unpaired) electrons. The van der Waals surface area contributed by atoms with Crippen LogP contribution in [0, 0.1) is 0 Å². The minimum absolute atomic E-state index is 0.246. The van der Waals surface area contributed by atoms with Crippen LogP contribution in [0.15, 0.2) is 30.5 Å². The van der Waals surface area contributed by atoms with E-state index < -0.39 is 5.41 Å². The highest BCUT2D eigenvalue weighted by atomic mass is 16.1. The number of carbonyl (C=O) groups excluding carboxylic acids is 1. The van der Waals surface area contributed by atoms with Crippen molar-refractivity contribution in [3.8, 4) is 0 Å². The molecule has 0 bridgehead atoms. The molecule has 2 heterocycles. The van der Waals surface area contributed by atoms with Crippen molar-refractivity contribution in [2.75, 3.05) is 18.0 Å².